The molecule has 1 aromatic heterocycles. The molecule has 1 aliphatic rings. The lowest BCUT2D eigenvalue weighted by Crippen LogP contribution is -2.36. The average Bonchev–Trinajstić information content (AvgIpc) is 3.10. The van der Waals surface area contributed by atoms with E-state index in [9.17, 15) is 4.79 Å². The fraction of sp³-hybridized carbons (Fsp3) is 0.600. The Morgan fingerprint density at radius 1 is 1.43 bits per heavy atom. The highest BCUT2D eigenvalue weighted by Gasteiger charge is 2.43. The molecule has 0 aliphatic heterocycles. The molecule has 1 aliphatic carbocycles. The summed E-state index contributed by atoms with van der Waals surface area (Å²) in [4.78, 5) is 15.8. The predicted octanol–water partition coefficient (Wildman–Crippen LogP) is 4.24. The Kier molecular flexibility index (Phi) is 4.69. The van der Waals surface area contributed by atoms with Crippen molar-refractivity contribution in [3.8, 4) is 0 Å². The summed E-state index contributed by atoms with van der Waals surface area (Å²) >= 11 is 11.8. The van der Waals surface area contributed by atoms with Crippen LogP contribution in [0.15, 0.2) is 12.3 Å². The maximum Gasteiger partial charge on any atom is 0.407 e. The highest BCUT2D eigenvalue weighted by atomic mass is 35.5. The van der Waals surface area contributed by atoms with Crippen molar-refractivity contribution in [2.75, 3.05) is 6.54 Å². The monoisotopic (exact) mass is 330 g/mol. The standard InChI is InChI=1S/C15H20Cl2N2O2/c1-14(2,3)21-13(20)19-9-15(4-5-15)7-10-6-11(16)12(17)18-8-10/h6,8H,4-5,7,9H2,1-3H3,(H,19,20). The van der Waals surface area contributed by atoms with Gasteiger partial charge in [0.25, 0.3) is 0 Å². The largest absolute Gasteiger partial charge is 0.444 e. The minimum atomic E-state index is -0.478. The summed E-state index contributed by atoms with van der Waals surface area (Å²) in [6.07, 6.45) is 4.33. The summed E-state index contributed by atoms with van der Waals surface area (Å²) in [5, 5.41) is 3.63. The Hall–Kier alpha value is -1.000. The third kappa shape index (κ3) is 5.04. The summed E-state index contributed by atoms with van der Waals surface area (Å²) in [6.45, 7) is 6.14. The molecule has 1 aromatic rings. The van der Waals surface area contributed by atoms with Crippen LogP contribution in [-0.2, 0) is 11.2 Å². The van der Waals surface area contributed by atoms with Gasteiger partial charge in [0.15, 0.2) is 0 Å². The molecule has 2 rings (SSSR count). The Morgan fingerprint density at radius 3 is 2.62 bits per heavy atom. The number of aromatic nitrogens is 1. The summed E-state index contributed by atoms with van der Waals surface area (Å²) in [5.41, 5.74) is 0.650. The molecule has 116 valence electrons. The average molecular weight is 331 g/mol. The van der Waals surface area contributed by atoms with E-state index < -0.39 is 5.60 Å². The Morgan fingerprint density at radius 2 is 2.10 bits per heavy atom. The molecule has 1 amide bonds. The lowest BCUT2D eigenvalue weighted by atomic mass is 9.97. The zero-order valence-electron chi connectivity index (χ0n) is 12.5. The number of amides is 1. The second kappa shape index (κ2) is 6.01. The Bertz CT molecular complexity index is 537. The number of carbonyl (C=O) groups is 1. The number of hydrogen-bond acceptors (Lipinski definition) is 3. The number of alkyl carbamates (subject to hydrolysis) is 1. The van der Waals surface area contributed by atoms with Gasteiger partial charge in [-0.25, -0.2) is 9.78 Å². The molecular formula is C15H20Cl2N2O2. The van der Waals surface area contributed by atoms with E-state index >= 15 is 0 Å². The van der Waals surface area contributed by atoms with Crippen molar-refractivity contribution in [1.29, 1.82) is 0 Å². The third-order valence-corrected chi connectivity index (χ3v) is 4.08. The number of rotatable bonds is 4. The van der Waals surface area contributed by atoms with E-state index in [4.69, 9.17) is 27.9 Å². The van der Waals surface area contributed by atoms with Crippen molar-refractivity contribution < 1.29 is 9.53 Å². The van der Waals surface area contributed by atoms with Gasteiger partial charge in [0, 0.05) is 12.7 Å². The van der Waals surface area contributed by atoms with Crippen LogP contribution >= 0.6 is 23.2 Å². The van der Waals surface area contributed by atoms with Crippen LogP contribution in [0.3, 0.4) is 0 Å². The van der Waals surface area contributed by atoms with E-state index in [1.165, 1.54) is 0 Å². The zero-order chi connectivity index (χ0) is 15.7. The highest BCUT2D eigenvalue weighted by molar-refractivity contribution is 6.41. The van der Waals surface area contributed by atoms with Gasteiger partial charge in [-0.15, -0.1) is 0 Å². The van der Waals surface area contributed by atoms with Crippen molar-refractivity contribution in [2.45, 2.75) is 45.6 Å². The molecule has 4 nitrogen and oxygen atoms in total. The second-order valence-electron chi connectivity index (χ2n) is 6.65. The highest BCUT2D eigenvalue weighted by Crippen LogP contribution is 2.48. The molecule has 0 atom stereocenters. The maximum absolute atomic E-state index is 11.7. The van der Waals surface area contributed by atoms with Crippen LogP contribution in [-0.4, -0.2) is 23.2 Å². The molecule has 0 unspecified atom stereocenters. The SMILES string of the molecule is CC(C)(C)OC(=O)NCC1(Cc2cnc(Cl)c(Cl)c2)CC1. The molecule has 1 heterocycles. The molecule has 0 radical (unpaired) electrons. The molecule has 1 N–H and O–H groups in total. The normalized spacial score (nSPS) is 16.4. The number of nitrogens with zero attached hydrogens (tertiary/aromatic N) is 1. The van der Waals surface area contributed by atoms with Gasteiger partial charge in [0.1, 0.15) is 10.8 Å². The van der Waals surface area contributed by atoms with E-state index in [1.54, 1.807) is 6.20 Å². The van der Waals surface area contributed by atoms with Gasteiger partial charge in [0.2, 0.25) is 0 Å². The first kappa shape index (κ1) is 16.4. The molecule has 21 heavy (non-hydrogen) atoms. The van der Waals surface area contributed by atoms with Gasteiger partial charge in [-0.05, 0) is 57.1 Å². The molecule has 1 fully saturated rings. The van der Waals surface area contributed by atoms with E-state index in [0.717, 1.165) is 24.8 Å². The molecule has 6 heteroatoms. The minimum absolute atomic E-state index is 0.0930. The van der Waals surface area contributed by atoms with E-state index in [0.29, 0.717) is 16.7 Å². The van der Waals surface area contributed by atoms with E-state index in [-0.39, 0.29) is 11.5 Å². The maximum atomic E-state index is 11.7. The van der Waals surface area contributed by atoms with Crippen LogP contribution in [0, 0.1) is 5.41 Å². The molecule has 0 aromatic carbocycles. The van der Waals surface area contributed by atoms with E-state index in [1.807, 2.05) is 26.8 Å². The number of pyridine rings is 1. The second-order valence-corrected chi connectivity index (χ2v) is 7.41. The minimum Gasteiger partial charge on any atom is -0.444 e. The first-order valence-corrected chi connectivity index (χ1v) is 7.72. The summed E-state index contributed by atoms with van der Waals surface area (Å²) in [5.74, 6) is 0. The van der Waals surface area contributed by atoms with Crippen LogP contribution in [0.5, 0.6) is 0 Å². The Labute approximate surface area is 135 Å². The lowest BCUT2D eigenvalue weighted by molar-refractivity contribution is 0.0516. The summed E-state index contributed by atoms with van der Waals surface area (Å²) in [6, 6.07) is 1.84. The van der Waals surface area contributed by atoms with Gasteiger partial charge in [0.05, 0.1) is 5.02 Å². The van der Waals surface area contributed by atoms with Gasteiger partial charge in [-0.3, -0.25) is 0 Å². The van der Waals surface area contributed by atoms with Gasteiger partial charge < -0.3 is 10.1 Å². The topological polar surface area (TPSA) is 51.2 Å². The number of ether oxygens (including phenoxy) is 1. The first-order valence-electron chi connectivity index (χ1n) is 6.96. The van der Waals surface area contributed by atoms with E-state index in [2.05, 4.69) is 10.3 Å². The molecule has 0 saturated heterocycles. The van der Waals surface area contributed by atoms with Crippen molar-refractivity contribution in [3.63, 3.8) is 0 Å². The zero-order valence-corrected chi connectivity index (χ0v) is 14.0. The van der Waals surface area contributed by atoms with Crippen molar-refractivity contribution >= 4 is 29.3 Å². The number of hydrogen-bond donors (Lipinski definition) is 1. The number of carbonyl (C=O) groups excluding carboxylic acids is 1. The molecule has 0 bridgehead atoms. The van der Waals surface area contributed by atoms with Crippen LogP contribution in [0.1, 0.15) is 39.2 Å². The lowest BCUT2D eigenvalue weighted by Gasteiger charge is -2.21. The summed E-state index contributed by atoms with van der Waals surface area (Å²) < 4.78 is 5.24. The van der Waals surface area contributed by atoms with Crippen molar-refractivity contribution in [3.05, 3.63) is 28.0 Å². The Balaban J connectivity index is 1.88. The van der Waals surface area contributed by atoms with Gasteiger partial charge in [-0.2, -0.15) is 0 Å². The summed E-state index contributed by atoms with van der Waals surface area (Å²) in [7, 11) is 0. The first-order chi connectivity index (χ1) is 9.69. The molecule has 0 spiro atoms. The van der Waals surface area contributed by atoms with Gasteiger partial charge >= 0.3 is 6.09 Å². The molecular weight excluding hydrogens is 311 g/mol. The van der Waals surface area contributed by atoms with Crippen molar-refractivity contribution in [2.24, 2.45) is 5.41 Å². The van der Waals surface area contributed by atoms with Gasteiger partial charge in [-0.1, -0.05) is 23.2 Å². The van der Waals surface area contributed by atoms with Crippen LogP contribution in [0.4, 0.5) is 4.79 Å². The number of nitrogens with one attached hydrogen (secondary N) is 1. The molecule has 1 saturated carbocycles. The predicted molar refractivity (Wildman–Crippen MR) is 83.9 cm³/mol. The van der Waals surface area contributed by atoms with Crippen LogP contribution in [0.25, 0.3) is 0 Å². The quantitative estimate of drug-likeness (QED) is 0.840. The van der Waals surface area contributed by atoms with Crippen LogP contribution in [0.2, 0.25) is 10.2 Å². The fourth-order valence-corrected chi connectivity index (χ4v) is 2.45. The smallest absolute Gasteiger partial charge is 0.407 e. The third-order valence-electron chi connectivity index (χ3n) is 3.40. The fourth-order valence-electron chi connectivity index (χ4n) is 2.16. The van der Waals surface area contributed by atoms with Crippen LogP contribution < -0.4 is 5.32 Å². The number of halogens is 2. The van der Waals surface area contributed by atoms with Crippen molar-refractivity contribution in [1.82, 2.24) is 10.3 Å².